The quantitative estimate of drug-likeness (QED) is 0.813. The van der Waals surface area contributed by atoms with Gasteiger partial charge < -0.3 is 10.1 Å². The topological polar surface area (TPSA) is 88.0 Å². The summed E-state index contributed by atoms with van der Waals surface area (Å²) in [6.45, 7) is -0.389. The van der Waals surface area contributed by atoms with E-state index in [1.807, 2.05) is 0 Å². The summed E-state index contributed by atoms with van der Waals surface area (Å²) < 4.78 is 1.09. The molecule has 2 N–H and O–H groups in total. The van der Waals surface area contributed by atoms with E-state index in [0.29, 0.717) is 16.5 Å². The first kappa shape index (κ1) is 10.9. The molecule has 0 unspecified atom stereocenters. The zero-order valence-electron chi connectivity index (χ0n) is 8.11. The number of pyridine rings is 1. The number of rotatable bonds is 3. The largest absolute Gasteiger partial charge is 0.480 e. The second kappa shape index (κ2) is 4.09. The fourth-order valence-electron chi connectivity index (χ4n) is 1.44. The Morgan fingerprint density at radius 3 is 3.00 bits per heavy atom. The van der Waals surface area contributed by atoms with E-state index in [9.17, 15) is 9.59 Å². The Balaban J connectivity index is 2.62. The van der Waals surface area contributed by atoms with Gasteiger partial charge >= 0.3 is 11.7 Å². The van der Waals surface area contributed by atoms with Crippen LogP contribution in [0.2, 0.25) is 0 Å². The second-order valence-electron chi connectivity index (χ2n) is 3.26. The highest BCUT2D eigenvalue weighted by Gasteiger charge is 2.10. The number of fused-ring (bicyclic) bond motifs is 1. The van der Waals surface area contributed by atoms with Gasteiger partial charge in [0.1, 0.15) is 6.54 Å². The van der Waals surface area contributed by atoms with Crippen molar-refractivity contribution in [3.05, 3.63) is 28.3 Å². The number of nitrogens with zero attached hydrogens (tertiary/aromatic N) is 2. The van der Waals surface area contributed by atoms with Gasteiger partial charge in [0, 0.05) is 11.5 Å². The van der Waals surface area contributed by atoms with Crippen LogP contribution >= 0.6 is 15.9 Å². The molecule has 0 fully saturated rings. The average Bonchev–Trinajstić information content (AvgIpc) is 2.54. The molecule has 2 aromatic heterocycles. The molecule has 0 saturated heterocycles. The van der Waals surface area contributed by atoms with Crippen molar-refractivity contribution in [2.24, 2.45) is 0 Å². The Bertz CT molecular complexity index is 602. The molecule has 0 aliphatic heterocycles. The van der Waals surface area contributed by atoms with Crippen LogP contribution in [0.15, 0.2) is 17.1 Å². The van der Waals surface area contributed by atoms with E-state index in [4.69, 9.17) is 5.11 Å². The summed E-state index contributed by atoms with van der Waals surface area (Å²) in [6.07, 6.45) is 1.60. The van der Waals surface area contributed by atoms with Crippen LogP contribution < -0.4 is 5.69 Å². The fraction of sp³-hybridized carbons (Fsp3) is 0.222. The lowest BCUT2D eigenvalue weighted by atomic mass is 10.3. The molecule has 0 amide bonds. The van der Waals surface area contributed by atoms with Crippen LogP contribution in [0.25, 0.3) is 11.2 Å². The number of carbonyl (C=O) groups is 1. The van der Waals surface area contributed by atoms with Gasteiger partial charge in [-0.25, -0.2) is 9.78 Å². The number of hydrogen-bond acceptors (Lipinski definition) is 3. The molecule has 6 nitrogen and oxygen atoms in total. The van der Waals surface area contributed by atoms with Crippen molar-refractivity contribution in [1.29, 1.82) is 0 Å². The summed E-state index contributed by atoms with van der Waals surface area (Å²) in [5, 5.41) is 9.29. The van der Waals surface area contributed by atoms with E-state index < -0.39 is 11.7 Å². The van der Waals surface area contributed by atoms with Crippen LogP contribution in [0.5, 0.6) is 0 Å². The number of aromatic nitrogens is 3. The van der Waals surface area contributed by atoms with Crippen molar-refractivity contribution in [3.8, 4) is 0 Å². The molecule has 84 valence electrons. The van der Waals surface area contributed by atoms with Crippen LogP contribution in [-0.2, 0) is 16.7 Å². The molecule has 0 atom stereocenters. The van der Waals surface area contributed by atoms with Gasteiger partial charge in [0.05, 0.1) is 5.52 Å². The van der Waals surface area contributed by atoms with Gasteiger partial charge in [-0.15, -0.1) is 0 Å². The predicted molar refractivity (Wildman–Crippen MR) is 60.6 cm³/mol. The molecule has 0 aromatic carbocycles. The van der Waals surface area contributed by atoms with Gasteiger partial charge in [-0.05, 0) is 11.6 Å². The molecule has 2 heterocycles. The van der Waals surface area contributed by atoms with E-state index in [1.165, 1.54) is 0 Å². The van der Waals surface area contributed by atoms with Gasteiger partial charge in [0.15, 0.2) is 5.65 Å². The highest BCUT2D eigenvalue weighted by atomic mass is 79.9. The Hall–Kier alpha value is -1.63. The van der Waals surface area contributed by atoms with E-state index in [2.05, 4.69) is 25.9 Å². The van der Waals surface area contributed by atoms with Gasteiger partial charge in [-0.2, -0.15) is 0 Å². The summed E-state index contributed by atoms with van der Waals surface area (Å²) in [5.41, 5.74) is 1.35. The third kappa shape index (κ3) is 1.85. The number of H-pyrrole nitrogens is 1. The first-order valence-electron chi connectivity index (χ1n) is 4.47. The van der Waals surface area contributed by atoms with Crippen molar-refractivity contribution < 1.29 is 9.90 Å². The Labute approximate surface area is 98.1 Å². The predicted octanol–water partition coefficient (Wildman–Crippen LogP) is 0.704. The van der Waals surface area contributed by atoms with Crippen LogP contribution in [0.3, 0.4) is 0 Å². The van der Waals surface area contributed by atoms with Crippen molar-refractivity contribution >= 4 is 33.1 Å². The summed E-state index contributed by atoms with van der Waals surface area (Å²) >= 11 is 3.28. The molecule has 2 rings (SSSR count). The molecule has 0 spiro atoms. The molecule has 16 heavy (non-hydrogen) atoms. The number of halogens is 1. The van der Waals surface area contributed by atoms with Crippen molar-refractivity contribution in [2.45, 2.75) is 11.9 Å². The molecular weight excluding hydrogens is 278 g/mol. The smallest absolute Gasteiger partial charge is 0.328 e. The number of aromatic amines is 1. The highest BCUT2D eigenvalue weighted by Crippen LogP contribution is 2.11. The van der Waals surface area contributed by atoms with Crippen LogP contribution in [0, 0.1) is 0 Å². The zero-order chi connectivity index (χ0) is 11.7. The number of imidazole rings is 1. The molecule has 0 saturated carbocycles. The minimum absolute atomic E-state index is 0.358. The molecule has 0 bridgehead atoms. The first-order chi connectivity index (χ1) is 7.61. The molecule has 0 radical (unpaired) electrons. The summed E-state index contributed by atoms with van der Waals surface area (Å²) in [4.78, 5) is 28.7. The Morgan fingerprint density at radius 1 is 1.62 bits per heavy atom. The summed E-state index contributed by atoms with van der Waals surface area (Å²) in [6, 6.07) is 1.76. The maximum atomic E-state index is 11.5. The normalized spacial score (nSPS) is 10.8. The molecule has 2 aromatic rings. The van der Waals surface area contributed by atoms with Gasteiger partial charge in [-0.3, -0.25) is 9.36 Å². The third-order valence-corrected chi connectivity index (χ3v) is 2.76. The number of carboxylic acid groups (broad SMARTS) is 1. The molecule has 0 aliphatic carbocycles. The number of nitrogens with one attached hydrogen (secondary N) is 1. The SMILES string of the molecule is O=C(O)Cn1c(=O)[nH]c2cc(CBr)cnc21. The van der Waals surface area contributed by atoms with Crippen LogP contribution in [-0.4, -0.2) is 25.6 Å². The lowest BCUT2D eigenvalue weighted by Crippen LogP contribution is -2.21. The standard InChI is InChI=1S/C9H8BrN3O3/c10-2-5-1-6-8(11-3-5)13(4-7(14)15)9(16)12-6/h1,3H,2,4H2,(H,12,16)(H,14,15). The number of alkyl halides is 1. The van der Waals surface area contributed by atoms with Gasteiger partial charge in [-0.1, -0.05) is 15.9 Å². The highest BCUT2D eigenvalue weighted by molar-refractivity contribution is 9.08. The second-order valence-corrected chi connectivity index (χ2v) is 3.82. The number of hydrogen-bond donors (Lipinski definition) is 2. The van der Waals surface area contributed by atoms with Crippen LogP contribution in [0.1, 0.15) is 5.56 Å². The lowest BCUT2D eigenvalue weighted by Gasteiger charge is -1.98. The minimum Gasteiger partial charge on any atom is -0.480 e. The monoisotopic (exact) mass is 285 g/mol. The maximum absolute atomic E-state index is 11.5. The van der Waals surface area contributed by atoms with Crippen molar-refractivity contribution in [1.82, 2.24) is 14.5 Å². The number of carboxylic acids is 1. The van der Waals surface area contributed by atoms with Crippen LogP contribution in [0.4, 0.5) is 0 Å². The lowest BCUT2D eigenvalue weighted by molar-refractivity contribution is -0.137. The van der Waals surface area contributed by atoms with Crippen molar-refractivity contribution in [3.63, 3.8) is 0 Å². The average molecular weight is 286 g/mol. The zero-order valence-corrected chi connectivity index (χ0v) is 9.69. The molecule has 0 aliphatic rings. The fourth-order valence-corrected chi connectivity index (χ4v) is 1.75. The molecule has 7 heteroatoms. The summed E-state index contributed by atoms with van der Waals surface area (Å²) in [5.74, 6) is -1.07. The van der Waals surface area contributed by atoms with Gasteiger partial charge in [0.25, 0.3) is 0 Å². The Morgan fingerprint density at radius 2 is 2.38 bits per heavy atom. The van der Waals surface area contributed by atoms with E-state index in [0.717, 1.165) is 10.1 Å². The van der Waals surface area contributed by atoms with E-state index in [1.54, 1.807) is 12.3 Å². The molecular formula is C9H8BrN3O3. The first-order valence-corrected chi connectivity index (χ1v) is 5.59. The summed E-state index contributed by atoms with van der Waals surface area (Å²) in [7, 11) is 0. The van der Waals surface area contributed by atoms with E-state index in [-0.39, 0.29) is 6.54 Å². The van der Waals surface area contributed by atoms with Crippen molar-refractivity contribution in [2.75, 3.05) is 0 Å². The minimum atomic E-state index is -1.07. The van der Waals surface area contributed by atoms with Gasteiger partial charge in [0.2, 0.25) is 0 Å². The Kier molecular flexibility index (Phi) is 2.78. The maximum Gasteiger partial charge on any atom is 0.328 e. The van der Waals surface area contributed by atoms with E-state index >= 15 is 0 Å². The number of aliphatic carboxylic acids is 1. The third-order valence-electron chi connectivity index (χ3n) is 2.11.